The van der Waals surface area contributed by atoms with Gasteiger partial charge >= 0.3 is 0 Å². The number of benzene rings is 2. The Morgan fingerprint density at radius 1 is 0.828 bits per heavy atom. The minimum absolute atomic E-state index is 0.0715. The fraction of sp³-hybridized carbons (Fsp3) is 0.286. The zero-order valence-electron chi connectivity index (χ0n) is 15.7. The molecule has 2 N–H and O–H groups in total. The van der Waals surface area contributed by atoms with E-state index in [1.807, 2.05) is 0 Å². The molecular weight excluding hydrogens is 379 g/mol. The van der Waals surface area contributed by atoms with Crippen molar-refractivity contribution in [2.75, 3.05) is 45.4 Å². The van der Waals surface area contributed by atoms with E-state index in [0.29, 0.717) is 73.5 Å². The predicted octanol–water partition coefficient (Wildman–Crippen LogP) is 3.55. The summed E-state index contributed by atoms with van der Waals surface area (Å²) >= 11 is 0. The molecule has 0 unspecified atom stereocenters. The molecule has 0 saturated carbocycles. The molecule has 8 heteroatoms. The first kappa shape index (κ1) is 19.2. The molecule has 1 aromatic heterocycles. The predicted molar refractivity (Wildman–Crippen MR) is 105 cm³/mol. The first-order chi connectivity index (χ1) is 14.2. The summed E-state index contributed by atoms with van der Waals surface area (Å²) in [5.41, 5.74) is 6.56. The van der Waals surface area contributed by atoms with Gasteiger partial charge in [-0.1, -0.05) is 0 Å². The van der Waals surface area contributed by atoms with Gasteiger partial charge in [-0.3, -0.25) is 4.98 Å². The fourth-order valence-corrected chi connectivity index (χ4v) is 2.90. The molecule has 0 radical (unpaired) electrons. The monoisotopic (exact) mass is 400 g/mol. The highest BCUT2D eigenvalue weighted by atomic mass is 19.1. The van der Waals surface area contributed by atoms with Crippen LogP contribution in [0.4, 0.5) is 10.1 Å². The van der Waals surface area contributed by atoms with Crippen LogP contribution in [0.5, 0.6) is 23.0 Å². The number of aromatic nitrogens is 1. The lowest BCUT2D eigenvalue weighted by atomic mass is 10.1. The maximum atomic E-state index is 14.2. The quantitative estimate of drug-likeness (QED) is 0.659. The van der Waals surface area contributed by atoms with Crippen LogP contribution in [0.2, 0.25) is 0 Å². The van der Waals surface area contributed by atoms with Gasteiger partial charge in [-0.25, -0.2) is 4.39 Å². The number of hydrogen-bond donors (Lipinski definition) is 1. The van der Waals surface area contributed by atoms with Crippen molar-refractivity contribution in [1.29, 1.82) is 0 Å². The van der Waals surface area contributed by atoms with E-state index < -0.39 is 5.82 Å². The molecule has 1 aliphatic heterocycles. The number of nitrogen functional groups attached to an aromatic ring is 1. The minimum atomic E-state index is -0.544. The smallest absolute Gasteiger partial charge is 0.167 e. The van der Waals surface area contributed by atoms with E-state index in [1.54, 1.807) is 30.5 Å². The molecule has 7 nitrogen and oxygen atoms in total. The summed E-state index contributed by atoms with van der Waals surface area (Å²) in [5.74, 6) is 1.04. The Hall–Kier alpha value is -3.10. The molecule has 3 aromatic rings. The second kappa shape index (κ2) is 8.93. The van der Waals surface area contributed by atoms with E-state index in [1.165, 1.54) is 12.1 Å². The van der Waals surface area contributed by atoms with Crippen LogP contribution in [0, 0.1) is 5.82 Å². The van der Waals surface area contributed by atoms with Crippen molar-refractivity contribution < 1.29 is 28.1 Å². The van der Waals surface area contributed by atoms with Gasteiger partial charge < -0.3 is 29.4 Å². The lowest BCUT2D eigenvalue weighted by molar-refractivity contribution is 0.0224. The lowest BCUT2D eigenvalue weighted by Gasteiger charge is -2.17. The average Bonchev–Trinajstić information content (AvgIpc) is 2.70. The van der Waals surface area contributed by atoms with Gasteiger partial charge in [-0.05, 0) is 24.3 Å². The van der Waals surface area contributed by atoms with Crippen molar-refractivity contribution in [3.05, 3.63) is 48.4 Å². The number of rotatable bonds is 2. The zero-order valence-corrected chi connectivity index (χ0v) is 15.7. The second-order valence-electron chi connectivity index (χ2n) is 6.34. The SMILES string of the molecule is Nc1ccc(Oc2ccnc3cc4c(cc23)OCCOCCOCCO4)c(F)c1. The van der Waals surface area contributed by atoms with E-state index in [9.17, 15) is 4.39 Å². The van der Waals surface area contributed by atoms with Crippen LogP contribution in [-0.4, -0.2) is 44.6 Å². The maximum Gasteiger partial charge on any atom is 0.167 e. The van der Waals surface area contributed by atoms with Crippen LogP contribution in [-0.2, 0) is 9.47 Å². The number of fused-ring (bicyclic) bond motifs is 2. The molecule has 0 saturated heterocycles. The highest BCUT2D eigenvalue weighted by Gasteiger charge is 2.14. The van der Waals surface area contributed by atoms with E-state index in [-0.39, 0.29) is 5.75 Å². The molecule has 0 spiro atoms. The first-order valence-electron chi connectivity index (χ1n) is 9.27. The molecule has 152 valence electrons. The lowest BCUT2D eigenvalue weighted by Crippen LogP contribution is -2.15. The third-order valence-corrected chi connectivity index (χ3v) is 4.29. The molecule has 0 atom stereocenters. The van der Waals surface area contributed by atoms with Gasteiger partial charge in [0.05, 0.1) is 31.9 Å². The summed E-state index contributed by atoms with van der Waals surface area (Å²) < 4.78 is 42.5. The molecular formula is C21H21FN2O5. The van der Waals surface area contributed by atoms with Crippen LogP contribution < -0.4 is 19.9 Å². The summed E-state index contributed by atoms with van der Waals surface area (Å²) in [6, 6.07) is 9.48. The van der Waals surface area contributed by atoms with Crippen molar-refractivity contribution >= 4 is 16.6 Å². The summed E-state index contributed by atoms with van der Waals surface area (Å²) in [6.07, 6.45) is 1.59. The zero-order chi connectivity index (χ0) is 20.1. The number of nitrogens with two attached hydrogens (primary N) is 1. The Balaban J connectivity index is 1.68. The number of halogens is 1. The Bertz CT molecular complexity index is 998. The number of hydrogen-bond acceptors (Lipinski definition) is 7. The fourth-order valence-electron chi connectivity index (χ4n) is 2.90. The van der Waals surface area contributed by atoms with Gasteiger partial charge in [0.1, 0.15) is 19.0 Å². The average molecular weight is 400 g/mol. The number of ether oxygens (including phenoxy) is 5. The van der Waals surface area contributed by atoms with Crippen molar-refractivity contribution in [3.63, 3.8) is 0 Å². The third-order valence-electron chi connectivity index (χ3n) is 4.29. The summed E-state index contributed by atoms with van der Waals surface area (Å²) in [4.78, 5) is 4.37. The largest absolute Gasteiger partial charge is 0.487 e. The first-order valence-corrected chi connectivity index (χ1v) is 9.27. The van der Waals surface area contributed by atoms with Crippen LogP contribution >= 0.6 is 0 Å². The standard InChI is InChI=1S/C21H21FN2O5/c22-16-11-14(23)1-2-19(16)29-18-3-4-24-17-13-21-20(12-15(17)18)27-9-7-25-5-6-26-8-10-28-21/h1-4,11-13H,5-10,23H2. The number of nitrogens with zero attached hydrogens (tertiary/aromatic N) is 1. The molecule has 2 aromatic carbocycles. The van der Waals surface area contributed by atoms with Gasteiger partial charge in [-0.15, -0.1) is 0 Å². The molecule has 1 aliphatic rings. The second-order valence-corrected chi connectivity index (χ2v) is 6.34. The minimum Gasteiger partial charge on any atom is -0.487 e. The van der Waals surface area contributed by atoms with Crippen LogP contribution in [0.25, 0.3) is 10.9 Å². The van der Waals surface area contributed by atoms with Crippen molar-refractivity contribution in [3.8, 4) is 23.0 Å². The summed E-state index contributed by atoms with van der Waals surface area (Å²) in [6.45, 7) is 2.60. The van der Waals surface area contributed by atoms with Crippen molar-refractivity contribution in [1.82, 2.24) is 4.98 Å². The Morgan fingerprint density at radius 3 is 2.24 bits per heavy atom. The Morgan fingerprint density at radius 2 is 1.52 bits per heavy atom. The van der Waals surface area contributed by atoms with Crippen molar-refractivity contribution in [2.45, 2.75) is 0 Å². The third kappa shape index (κ3) is 4.67. The van der Waals surface area contributed by atoms with Crippen molar-refractivity contribution in [2.24, 2.45) is 0 Å². The Kier molecular flexibility index (Phi) is 5.92. The molecule has 0 bridgehead atoms. The van der Waals surface area contributed by atoms with Gasteiger partial charge in [0.2, 0.25) is 0 Å². The molecule has 29 heavy (non-hydrogen) atoms. The van der Waals surface area contributed by atoms with Crippen LogP contribution in [0.15, 0.2) is 42.6 Å². The maximum absolute atomic E-state index is 14.2. The van der Waals surface area contributed by atoms with Gasteiger partial charge in [-0.2, -0.15) is 0 Å². The van der Waals surface area contributed by atoms with E-state index in [0.717, 1.165) is 0 Å². The van der Waals surface area contributed by atoms with Crippen LogP contribution in [0.1, 0.15) is 0 Å². The molecule has 2 heterocycles. The van der Waals surface area contributed by atoms with Gasteiger partial charge in [0.25, 0.3) is 0 Å². The van der Waals surface area contributed by atoms with Crippen LogP contribution in [0.3, 0.4) is 0 Å². The summed E-state index contributed by atoms with van der Waals surface area (Å²) in [5, 5.41) is 0.662. The molecule has 4 rings (SSSR count). The molecule has 0 amide bonds. The van der Waals surface area contributed by atoms with Gasteiger partial charge in [0.15, 0.2) is 23.1 Å². The molecule has 0 fully saturated rings. The summed E-state index contributed by atoms with van der Waals surface area (Å²) in [7, 11) is 0. The Labute approximate surface area is 167 Å². The van der Waals surface area contributed by atoms with E-state index >= 15 is 0 Å². The normalized spacial score (nSPS) is 15.3. The number of anilines is 1. The highest BCUT2D eigenvalue weighted by Crippen LogP contribution is 2.38. The van der Waals surface area contributed by atoms with Gasteiger partial charge in [0, 0.05) is 29.4 Å². The van der Waals surface area contributed by atoms with E-state index in [4.69, 9.17) is 29.4 Å². The van der Waals surface area contributed by atoms with E-state index in [2.05, 4.69) is 4.98 Å². The molecule has 0 aliphatic carbocycles. The highest BCUT2D eigenvalue weighted by molar-refractivity contribution is 5.88. The number of pyridine rings is 1. The topological polar surface area (TPSA) is 85.1 Å².